The van der Waals surface area contributed by atoms with E-state index in [1.165, 1.54) is 12.1 Å². The number of fused-ring (bicyclic) bond motifs is 2. The smallest absolute Gasteiger partial charge is 0.238 e. The summed E-state index contributed by atoms with van der Waals surface area (Å²) in [6.07, 6.45) is 1.76. The third kappa shape index (κ3) is 2.07. The molecule has 0 fully saturated rings. The number of aromatic nitrogens is 3. The van der Waals surface area contributed by atoms with Gasteiger partial charge in [-0.15, -0.1) is 5.10 Å². The zero-order valence-electron chi connectivity index (χ0n) is 13.4. The van der Waals surface area contributed by atoms with Crippen molar-refractivity contribution in [2.24, 2.45) is 0 Å². The lowest BCUT2D eigenvalue weighted by Crippen LogP contribution is -2.13. The number of anilines is 2. The van der Waals surface area contributed by atoms with Crippen LogP contribution in [0, 0.1) is 11.6 Å². The van der Waals surface area contributed by atoms with Gasteiger partial charge in [0.1, 0.15) is 17.3 Å². The molecule has 128 valence electrons. The summed E-state index contributed by atoms with van der Waals surface area (Å²) in [5.41, 5.74) is 10.0. The number of nitrogens with one attached hydrogen (secondary N) is 1. The molecule has 3 N–H and O–H groups in total. The van der Waals surface area contributed by atoms with Crippen LogP contribution in [0.1, 0.15) is 17.2 Å². The number of nitrogens with two attached hydrogens (primary N) is 1. The van der Waals surface area contributed by atoms with E-state index in [1.54, 1.807) is 10.7 Å². The molecule has 4 aromatic rings. The van der Waals surface area contributed by atoms with E-state index in [0.29, 0.717) is 11.3 Å². The molecule has 0 saturated heterocycles. The highest BCUT2D eigenvalue weighted by molar-refractivity contribution is 5.90. The number of nitrogens with zero attached hydrogens (tertiary/aromatic N) is 3. The minimum absolute atomic E-state index is 0.149. The average molecular weight is 349 g/mol. The molecular weight excluding hydrogens is 336 g/mol. The van der Waals surface area contributed by atoms with Gasteiger partial charge in [0, 0.05) is 34.6 Å². The molecule has 0 saturated carbocycles. The standard InChI is InChI=1S/C19H13F2N5/c20-10-5-6-11(14(21)9-10)16-13-7-8-26-18(13)17(24-19(22)25-26)12-3-1-2-4-15(12)23-16/h1-9,16,23H,(H2,22,25). The number of benzene rings is 2. The molecule has 1 aliphatic rings. The molecule has 1 unspecified atom stereocenters. The van der Waals surface area contributed by atoms with E-state index in [2.05, 4.69) is 15.4 Å². The third-order valence-electron chi connectivity index (χ3n) is 4.63. The van der Waals surface area contributed by atoms with Crippen LogP contribution in [0.5, 0.6) is 0 Å². The lowest BCUT2D eigenvalue weighted by Gasteiger charge is -2.20. The minimum Gasteiger partial charge on any atom is -0.373 e. The van der Waals surface area contributed by atoms with Crippen molar-refractivity contribution in [1.29, 1.82) is 0 Å². The van der Waals surface area contributed by atoms with E-state index < -0.39 is 17.7 Å². The summed E-state index contributed by atoms with van der Waals surface area (Å²) in [7, 11) is 0. The van der Waals surface area contributed by atoms with Crippen molar-refractivity contribution in [3.8, 4) is 11.3 Å². The monoisotopic (exact) mass is 349 g/mol. The first kappa shape index (κ1) is 14.8. The van der Waals surface area contributed by atoms with Gasteiger partial charge in [0.25, 0.3) is 0 Å². The molecule has 0 aliphatic carbocycles. The Bertz CT molecular complexity index is 1170. The van der Waals surface area contributed by atoms with Crippen molar-refractivity contribution in [3.63, 3.8) is 0 Å². The van der Waals surface area contributed by atoms with Gasteiger partial charge < -0.3 is 11.1 Å². The molecule has 5 rings (SSSR count). The van der Waals surface area contributed by atoms with Crippen LogP contribution >= 0.6 is 0 Å². The Morgan fingerprint density at radius 2 is 1.88 bits per heavy atom. The van der Waals surface area contributed by atoms with Crippen LogP contribution in [0.3, 0.4) is 0 Å². The first-order valence-corrected chi connectivity index (χ1v) is 8.07. The van der Waals surface area contributed by atoms with Gasteiger partial charge in [0.15, 0.2) is 0 Å². The highest BCUT2D eigenvalue weighted by atomic mass is 19.1. The molecule has 26 heavy (non-hydrogen) atoms. The fraction of sp³-hybridized carbons (Fsp3) is 0.0526. The summed E-state index contributed by atoms with van der Waals surface area (Å²) < 4.78 is 29.6. The van der Waals surface area contributed by atoms with E-state index in [0.717, 1.165) is 28.4 Å². The van der Waals surface area contributed by atoms with Gasteiger partial charge in [-0.1, -0.05) is 24.3 Å². The fourth-order valence-electron chi connectivity index (χ4n) is 3.52. The van der Waals surface area contributed by atoms with Crippen LogP contribution in [-0.2, 0) is 0 Å². The van der Waals surface area contributed by atoms with Crippen LogP contribution in [0.25, 0.3) is 16.8 Å². The summed E-state index contributed by atoms with van der Waals surface area (Å²) in [4.78, 5) is 4.42. The number of halogens is 2. The number of hydrogen-bond donors (Lipinski definition) is 2. The molecule has 2 aromatic carbocycles. The van der Waals surface area contributed by atoms with Crippen molar-refractivity contribution in [2.45, 2.75) is 6.04 Å². The number of para-hydroxylation sites is 1. The molecular formula is C19H13F2N5. The summed E-state index contributed by atoms with van der Waals surface area (Å²) >= 11 is 0. The molecule has 7 heteroatoms. The Balaban J connectivity index is 1.86. The summed E-state index contributed by atoms with van der Waals surface area (Å²) in [6.45, 7) is 0. The second kappa shape index (κ2) is 5.26. The molecule has 2 aromatic heterocycles. The van der Waals surface area contributed by atoms with Gasteiger partial charge >= 0.3 is 0 Å². The number of hydrogen-bond acceptors (Lipinski definition) is 4. The Labute approximate surface area is 147 Å². The van der Waals surface area contributed by atoms with E-state index in [-0.39, 0.29) is 5.95 Å². The van der Waals surface area contributed by atoms with Crippen LogP contribution in [0.4, 0.5) is 20.4 Å². The fourth-order valence-corrected chi connectivity index (χ4v) is 3.52. The highest BCUT2D eigenvalue weighted by Crippen LogP contribution is 2.41. The van der Waals surface area contributed by atoms with Crippen LogP contribution < -0.4 is 11.1 Å². The largest absolute Gasteiger partial charge is 0.373 e. The second-order valence-corrected chi connectivity index (χ2v) is 6.17. The SMILES string of the molecule is Nc1nc2c3c(ccn3n1)C(c1ccc(F)cc1F)Nc1ccccc1-2. The normalized spacial score (nSPS) is 15.4. The van der Waals surface area contributed by atoms with Gasteiger partial charge in [0.05, 0.1) is 11.6 Å². The zero-order chi connectivity index (χ0) is 17.8. The topological polar surface area (TPSA) is 68.2 Å². The highest BCUT2D eigenvalue weighted by Gasteiger charge is 2.28. The molecule has 0 amide bonds. The van der Waals surface area contributed by atoms with Crippen molar-refractivity contribution in [2.75, 3.05) is 11.1 Å². The van der Waals surface area contributed by atoms with E-state index in [4.69, 9.17) is 5.73 Å². The van der Waals surface area contributed by atoms with Gasteiger partial charge in [0.2, 0.25) is 5.95 Å². The van der Waals surface area contributed by atoms with Gasteiger partial charge in [-0.2, -0.15) is 0 Å². The Morgan fingerprint density at radius 3 is 2.73 bits per heavy atom. The Morgan fingerprint density at radius 1 is 1.04 bits per heavy atom. The van der Waals surface area contributed by atoms with E-state index >= 15 is 0 Å². The predicted molar refractivity (Wildman–Crippen MR) is 94.7 cm³/mol. The third-order valence-corrected chi connectivity index (χ3v) is 4.63. The molecule has 3 heterocycles. The van der Waals surface area contributed by atoms with Gasteiger partial charge in [-0.3, -0.25) is 0 Å². The lowest BCUT2D eigenvalue weighted by atomic mass is 9.99. The van der Waals surface area contributed by atoms with Crippen LogP contribution in [0.15, 0.2) is 54.7 Å². The summed E-state index contributed by atoms with van der Waals surface area (Å²) in [5, 5.41) is 7.58. The molecule has 0 bridgehead atoms. The van der Waals surface area contributed by atoms with Crippen molar-refractivity contribution >= 4 is 17.2 Å². The molecule has 1 aliphatic heterocycles. The maximum atomic E-state index is 14.5. The number of rotatable bonds is 1. The molecule has 5 nitrogen and oxygen atoms in total. The minimum atomic E-state index is -0.612. The Kier molecular flexibility index (Phi) is 3.00. The quantitative estimate of drug-likeness (QED) is 0.549. The van der Waals surface area contributed by atoms with E-state index in [9.17, 15) is 8.78 Å². The summed E-state index contributed by atoms with van der Waals surface area (Å²) in [6, 6.07) is 12.5. The lowest BCUT2D eigenvalue weighted by molar-refractivity contribution is 0.569. The first-order valence-electron chi connectivity index (χ1n) is 8.07. The van der Waals surface area contributed by atoms with Gasteiger partial charge in [-0.05, 0) is 18.2 Å². The van der Waals surface area contributed by atoms with Crippen LogP contribution in [-0.4, -0.2) is 14.6 Å². The molecule has 1 atom stereocenters. The maximum absolute atomic E-state index is 14.5. The number of nitrogen functional groups attached to an aromatic ring is 1. The van der Waals surface area contributed by atoms with Gasteiger partial charge in [-0.25, -0.2) is 18.3 Å². The average Bonchev–Trinajstić information content (AvgIpc) is 2.97. The second-order valence-electron chi connectivity index (χ2n) is 6.17. The zero-order valence-corrected chi connectivity index (χ0v) is 13.4. The van der Waals surface area contributed by atoms with Crippen molar-refractivity contribution < 1.29 is 8.78 Å². The molecule has 0 spiro atoms. The predicted octanol–water partition coefficient (Wildman–Crippen LogP) is 3.77. The first-order chi connectivity index (χ1) is 12.6. The molecule has 0 radical (unpaired) electrons. The summed E-state index contributed by atoms with van der Waals surface area (Å²) in [5.74, 6) is -1.08. The van der Waals surface area contributed by atoms with Crippen LogP contribution in [0.2, 0.25) is 0 Å². The van der Waals surface area contributed by atoms with Crippen molar-refractivity contribution in [3.05, 3.63) is 77.5 Å². The van der Waals surface area contributed by atoms with E-state index in [1.807, 2.05) is 30.3 Å². The van der Waals surface area contributed by atoms with Crippen molar-refractivity contribution in [1.82, 2.24) is 14.6 Å². The Hall–Kier alpha value is -3.48. The maximum Gasteiger partial charge on any atom is 0.238 e.